The molecule has 0 radical (unpaired) electrons. The van der Waals surface area contributed by atoms with E-state index in [0.29, 0.717) is 19.6 Å². The van der Waals surface area contributed by atoms with Gasteiger partial charge in [0.25, 0.3) is 0 Å². The highest BCUT2D eigenvalue weighted by Crippen LogP contribution is 2.32. The molecular weight excluding hydrogens is 288 g/mol. The Hall–Kier alpha value is -2.36. The number of rotatable bonds is 6. The summed E-state index contributed by atoms with van der Waals surface area (Å²) in [4.78, 5) is 28.2. The summed E-state index contributed by atoms with van der Waals surface area (Å²) in [6.07, 6.45) is 4.54. The van der Waals surface area contributed by atoms with Crippen LogP contribution in [0.1, 0.15) is 30.5 Å². The molecule has 0 fully saturated rings. The lowest BCUT2D eigenvalue weighted by atomic mass is 9.90. The topological polar surface area (TPSA) is 40.6 Å². The molecule has 1 aliphatic rings. The summed E-state index contributed by atoms with van der Waals surface area (Å²) in [6.45, 7) is 10.6. The molecule has 1 atom stereocenters. The fourth-order valence-corrected chi connectivity index (χ4v) is 3.13. The molecule has 1 unspecified atom stereocenters. The third kappa shape index (κ3) is 3.89. The third-order valence-corrected chi connectivity index (χ3v) is 4.24. The Labute approximate surface area is 138 Å². The van der Waals surface area contributed by atoms with Crippen molar-refractivity contribution in [2.75, 3.05) is 19.6 Å². The molecular formula is C19H24N2O2. The zero-order valence-electron chi connectivity index (χ0n) is 13.7. The maximum absolute atomic E-state index is 12.7. The van der Waals surface area contributed by atoms with Crippen molar-refractivity contribution in [1.82, 2.24) is 9.80 Å². The molecule has 0 bridgehead atoms. The average Bonchev–Trinajstić information content (AvgIpc) is 2.54. The quantitative estimate of drug-likeness (QED) is 0.758. The van der Waals surface area contributed by atoms with Gasteiger partial charge in [-0.25, -0.2) is 0 Å². The fourth-order valence-electron chi connectivity index (χ4n) is 3.13. The zero-order valence-corrected chi connectivity index (χ0v) is 13.7. The number of fused-ring (bicyclic) bond motifs is 1. The molecule has 23 heavy (non-hydrogen) atoms. The molecule has 2 rings (SSSR count). The van der Waals surface area contributed by atoms with E-state index < -0.39 is 0 Å². The smallest absolute Gasteiger partial charge is 0.225 e. The standard InChI is InChI=1S/C19H24N2O2/c1-4-11-20(12-5-2)19(23)14-18-17-9-7-6-8-16(17)10-13-21(18)15(3)22/h4-9,18H,1-2,10-14H2,3H3. The van der Waals surface area contributed by atoms with Crippen LogP contribution in [-0.4, -0.2) is 41.2 Å². The van der Waals surface area contributed by atoms with Gasteiger partial charge in [-0.2, -0.15) is 0 Å². The van der Waals surface area contributed by atoms with Crippen LogP contribution < -0.4 is 0 Å². The first-order valence-electron chi connectivity index (χ1n) is 7.93. The Morgan fingerprint density at radius 1 is 1.26 bits per heavy atom. The molecule has 0 spiro atoms. The third-order valence-electron chi connectivity index (χ3n) is 4.24. The predicted octanol–water partition coefficient (Wildman–Crippen LogP) is 2.72. The van der Waals surface area contributed by atoms with Gasteiger partial charge in [0.15, 0.2) is 0 Å². The van der Waals surface area contributed by atoms with Crippen LogP contribution in [0.2, 0.25) is 0 Å². The summed E-state index contributed by atoms with van der Waals surface area (Å²) in [5.41, 5.74) is 2.31. The van der Waals surface area contributed by atoms with E-state index in [1.54, 1.807) is 28.9 Å². The molecule has 0 saturated carbocycles. The Bertz CT molecular complexity index is 599. The van der Waals surface area contributed by atoms with Gasteiger partial charge in [-0.05, 0) is 17.5 Å². The zero-order chi connectivity index (χ0) is 16.8. The van der Waals surface area contributed by atoms with E-state index in [4.69, 9.17) is 0 Å². The minimum atomic E-state index is -0.193. The van der Waals surface area contributed by atoms with Crippen molar-refractivity contribution in [3.63, 3.8) is 0 Å². The van der Waals surface area contributed by atoms with Crippen LogP contribution in [-0.2, 0) is 16.0 Å². The number of benzene rings is 1. The summed E-state index contributed by atoms with van der Waals surface area (Å²) in [6, 6.07) is 7.87. The first-order chi connectivity index (χ1) is 11.1. The number of amides is 2. The Kier molecular flexibility index (Phi) is 5.74. The number of hydrogen-bond donors (Lipinski definition) is 0. The fraction of sp³-hybridized carbons (Fsp3) is 0.368. The lowest BCUT2D eigenvalue weighted by Gasteiger charge is -2.37. The van der Waals surface area contributed by atoms with Crippen molar-refractivity contribution in [3.8, 4) is 0 Å². The number of hydrogen-bond acceptors (Lipinski definition) is 2. The SMILES string of the molecule is C=CCN(CC=C)C(=O)CC1c2ccccc2CCN1C(C)=O. The molecule has 122 valence electrons. The molecule has 0 saturated heterocycles. The highest BCUT2D eigenvalue weighted by molar-refractivity contribution is 5.80. The normalized spacial score (nSPS) is 16.4. The molecule has 1 aromatic rings. The highest BCUT2D eigenvalue weighted by atomic mass is 16.2. The first kappa shape index (κ1) is 17.0. The van der Waals surface area contributed by atoms with Gasteiger partial charge in [0.05, 0.1) is 12.5 Å². The summed E-state index contributed by atoms with van der Waals surface area (Å²) >= 11 is 0. The molecule has 1 heterocycles. The van der Waals surface area contributed by atoms with Gasteiger partial charge >= 0.3 is 0 Å². The molecule has 4 heteroatoms. The van der Waals surface area contributed by atoms with E-state index >= 15 is 0 Å². The predicted molar refractivity (Wildman–Crippen MR) is 91.9 cm³/mol. The van der Waals surface area contributed by atoms with Crippen LogP contribution in [0.25, 0.3) is 0 Å². The summed E-state index contributed by atoms with van der Waals surface area (Å²) in [5.74, 6) is 0.0223. The number of carbonyl (C=O) groups excluding carboxylic acids is 2. The lowest BCUT2D eigenvalue weighted by molar-refractivity contribution is -0.136. The minimum Gasteiger partial charge on any atom is -0.335 e. The van der Waals surface area contributed by atoms with Crippen LogP contribution in [0, 0.1) is 0 Å². The van der Waals surface area contributed by atoms with Crippen LogP contribution in [0.4, 0.5) is 0 Å². The average molecular weight is 312 g/mol. The Morgan fingerprint density at radius 2 is 1.91 bits per heavy atom. The summed E-state index contributed by atoms with van der Waals surface area (Å²) in [5, 5.41) is 0. The molecule has 0 N–H and O–H groups in total. The van der Waals surface area contributed by atoms with Crippen LogP contribution >= 0.6 is 0 Å². The van der Waals surface area contributed by atoms with E-state index in [0.717, 1.165) is 12.0 Å². The van der Waals surface area contributed by atoms with Gasteiger partial charge < -0.3 is 9.80 Å². The van der Waals surface area contributed by atoms with Crippen LogP contribution in [0.5, 0.6) is 0 Å². The van der Waals surface area contributed by atoms with Gasteiger partial charge in [0, 0.05) is 26.6 Å². The Balaban J connectivity index is 2.26. The molecule has 2 amide bonds. The van der Waals surface area contributed by atoms with Crippen molar-refractivity contribution < 1.29 is 9.59 Å². The molecule has 0 aromatic heterocycles. The molecule has 4 nitrogen and oxygen atoms in total. The number of carbonyl (C=O) groups is 2. The van der Waals surface area contributed by atoms with Crippen molar-refractivity contribution in [3.05, 3.63) is 60.7 Å². The van der Waals surface area contributed by atoms with E-state index in [9.17, 15) is 9.59 Å². The second kappa shape index (κ2) is 7.77. The van der Waals surface area contributed by atoms with E-state index in [1.807, 2.05) is 18.2 Å². The van der Waals surface area contributed by atoms with Gasteiger partial charge in [-0.15, -0.1) is 13.2 Å². The lowest BCUT2D eigenvalue weighted by Crippen LogP contribution is -2.42. The van der Waals surface area contributed by atoms with Gasteiger partial charge in [0.2, 0.25) is 11.8 Å². The molecule has 1 aromatic carbocycles. The maximum Gasteiger partial charge on any atom is 0.225 e. The van der Waals surface area contributed by atoms with Crippen molar-refractivity contribution >= 4 is 11.8 Å². The van der Waals surface area contributed by atoms with Crippen LogP contribution in [0.15, 0.2) is 49.6 Å². The highest BCUT2D eigenvalue weighted by Gasteiger charge is 2.31. The summed E-state index contributed by atoms with van der Waals surface area (Å²) in [7, 11) is 0. The van der Waals surface area contributed by atoms with E-state index in [-0.39, 0.29) is 24.3 Å². The minimum absolute atomic E-state index is 0.0105. The van der Waals surface area contributed by atoms with E-state index in [1.165, 1.54) is 5.56 Å². The number of nitrogens with zero attached hydrogens (tertiary/aromatic N) is 2. The van der Waals surface area contributed by atoms with Crippen molar-refractivity contribution in [1.29, 1.82) is 0 Å². The molecule has 0 aliphatic carbocycles. The first-order valence-corrected chi connectivity index (χ1v) is 7.93. The largest absolute Gasteiger partial charge is 0.335 e. The van der Waals surface area contributed by atoms with Crippen molar-refractivity contribution in [2.45, 2.75) is 25.8 Å². The van der Waals surface area contributed by atoms with Crippen LogP contribution in [0.3, 0.4) is 0 Å². The van der Waals surface area contributed by atoms with Gasteiger partial charge in [-0.3, -0.25) is 9.59 Å². The summed E-state index contributed by atoms with van der Waals surface area (Å²) < 4.78 is 0. The maximum atomic E-state index is 12.7. The second-order valence-corrected chi connectivity index (χ2v) is 5.76. The Morgan fingerprint density at radius 3 is 2.52 bits per heavy atom. The molecule has 1 aliphatic heterocycles. The monoisotopic (exact) mass is 312 g/mol. The van der Waals surface area contributed by atoms with E-state index in [2.05, 4.69) is 19.2 Å². The van der Waals surface area contributed by atoms with Gasteiger partial charge in [-0.1, -0.05) is 36.4 Å². The van der Waals surface area contributed by atoms with Crippen molar-refractivity contribution in [2.24, 2.45) is 0 Å². The second-order valence-electron chi connectivity index (χ2n) is 5.76. The van der Waals surface area contributed by atoms with Gasteiger partial charge in [0.1, 0.15) is 0 Å².